The fourth-order valence-corrected chi connectivity index (χ4v) is 7.47. The third kappa shape index (κ3) is 7.34. The third-order valence-electron chi connectivity index (χ3n) is 7.25. The van der Waals surface area contributed by atoms with E-state index in [0.717, 1.165) is 32.1 Å². The van der Waals surface area contributed by atoms with E-state index in [4.69, 9.17) is 5.11 Å². The van der Waals surface area contributed by atoms with Gasteiger partial charge in [-0.25, -0.2) is 0 Å². The van der Waals surface area contributed by atoms with E-state index in [0.29, 0.717) is 19.4 Å². The van der Waals surface area contributed by atoms with Crippen molar-refractivity contribution in [2.45, 2.75) is 61.2 Å². The van der Waals surface area contributed by atoms with Gasteiger partial charge in [0.2, 0.25) is 5.91 Å². The van der Waals surface area contributed by atoms with Gasteiger partial charge in [0.1, 0.15) is 0 Å². The number of hydrogen-bond donors (Lipinski definition) is 2. The van der Waals surface area contributed by atoms with E-state index >= 15 is 0 Å². The molecule has 2 aromatic carbocycles. The minimum atomic E-state index is -1.22. The molecule has 0 spiro atoms. The number of benzene rings is 2. The highest BCUT2D eigenvalue weighted by Crippen LogP contribution is 2.65. The molecule has 1 aliphatic rings. The number of carbonyl (C=O) groups is 2. The van der Waals surface area contributed by atoms with Crippen LogP contribution in [0.15, 0.2) is 52.3 Å². The molecule has 38 heavy (non-hydrogen) atoms. The quantitative estimate of drug-likeness (QED) is 0.290. The van der Waals surface area contributed by atoms with Gasteiger partial charge in [0.15, 0.2) is 0 Å². The molecular formula is C31H45N3O3S. The molecule has 0 bridgehead atoms. The van der Waals surface area contributed by atoms with Gasteiger partial charge in [0.25, 0.3) is 0 Å². The molecule has 0 saturated heterocycles. The average molecular weight is 540 g/mol. The first-order chi connectivity index (χ1) is 18.0. The molecule has 2 aromatic rings. The van der Waals surface area contributed by atoms with Crippen molar-refractivity contribution in [3.8, 4) is 0 Å². The van der Waals surface area contributed by atoms with Crippen molar-refractivity contribution in [2.75, 3.05) is 57.0 Å². The first-order valence-electron chi connectivity index (χ1n) is 13.6. The van der Waals surface area contributed by atoms with Crippen LogP contribution < -0.4 is 15.1 Å². The Balaban J connectivity index is 1.70. The summed E-state index contributed by atoms with van der Waals surface area (Å²) >= 11 is 0. The lowest BCUT2D eigenvalue weighted by atomic mass is 9.95. The SMILES string of the molecule is CN(C)c1ccc2c(c1)S(C)(C)c1cc(N(C)C)ccc1C2=CCCC(=O)NCCCCCCCC(=O)O. The highest BCUT2D eigenvalue weighted by molar-refractivity contribution is 8.32. The summed E-state index contributed by atoms with van der Waals surface area (Å²) in [4.78, 5) is 30.2. The standard InChI is InChI=1S/C31H45N3O3S/c1-33(2)23-16-18-26-25(13-12-14-30(35)32-20-11-9-7-8-10-15-31(36)37)27-19-17-24(34(3)4)22-29(27)38(5,6)28(26)21-23/h13,16-19,21-22H,7-12,14-15,20H2,1-6H3,(H,32,35)(H,36,37). The Kier molecular flexibility index (Phi) is 10.3. The molecule has 0 aliphatic carbocycles. The summed E-state index contributed by atoms with van der Waals surface area (Å²) in [5.74, 6) is -0.644. The van der Waals surface area contributed by atoms with Gasteiger partial charge >= 0.3 is 5.97 Å². The predicted molar refractivity (Wildman–Crippen MR) is 162 cm³/mol. The number of hydrogen-bond acceptors (Lipinski definition) is 4. The second kappa shape index (κ2) is 13.2. The van der Waals surface area contributed by atoms with Crippen molar-refractivity contribution in [1.82, 2.24) is 5.32 Å². The lowest BCUT2D eigenvalue weighted by molar-refractivity contribution is -0.137. The number of fused-ring (bicyclic) bond motifs is 2. The maximum Gasteiger partial charge on any atom is 0.303 e. The monoisotopic (exact) mass is 539 g/mol. The molecule has 2 N–H and O–H groups in total. The molecule has 0 aromatic heterocycles. The summed E-state index contributed by atoms with van der Waals surface area (Å²) in [6, 6.07) is 13.6. The van der Waals surface area contributed by atoms with Crippen LogP contribution in [0.4, 0.5) is 11.4 Å². The number of carbonyl (C=O) groups excluding carboxylic acids is 1. The number of nitrogens with zero attached hydrogens (tertiary/aromatic N) is 2. The lowest BCUT2D eigenvalue weighted by Crippen LogP contribution is -2.23. The van der Waals surface area contributed by atoms with Crippen molar-refractivity contribution in [1.29, 1.82) is 0 Å². The van der Waals surface area contributed by atoms with E-state index < -0.39 is 16.0 Å². The molecule has 6 nitrogen and oxygen atoms in total. The Morgan fingerprint density at radius 2 is 1.34 bits per heavy atom. The number of rotatable bonds is 13. The number of carboxylic acid groups (broad SMARTS) is 1. The first kappa shape index (κ1) is 29.6. The summed E-state index contributed by atoms with van der Waals surface area (Å²) in [6.07, 6.45) is 13.0. The lowest BCUT2D eigenvalue weighted by Gasteiger charge is -2.42. The first-order valence-corrected chi connectivity index (χ1v) is 16.0. The second-order valence-corrected chi connectivity index (χ2v) is 14.4. The van der Waals surface area contributed by atoms with Crippen molar-refractivity contribution >= 4 is 38.9 Å². The number of nitrogens with one attached hydrogen (secondary N) is 1. The largest absolute Gasteiger partial charge is 0.481 e. The summed E-state index contributed by atoms with van der Waals surface area (Å²) < 4.78 is 0. The van der Waals surface area contributed by atoms with Crippen LogP contribution in [0.5, 0.6) is 0 Å². The smallest absolute Gasteiger partial charge is 0.303 e. The predicted octanol–water partition coefficient (Wildman–Crippen LogP) is 6.37. The summed E-state index contributed by atoms with van der Waals surface area (Å²) in [7, 11) is 7.11. The van der Waals surface area contributed by atoms with Crippen molar-refractivity contribution < 1.29 is 14.7 Å². The Morgan fingerprint density at radius 3 is 1.87 bits per heavy atom. The summed E-state index contributed by atoms with van der Waals surface area (Å²) in [5.41, 5.74) is 6.20. The summed E-state index contributed by atoms with van der Waals surface area (Å²) in [5, 5.41) is 11.7. The van der Waals surface area contributed by atoms with E-state index in [9.17, 15) is 9.59 Å². The Hall–Kier alpha value is -2.93. The minimum Gasteiger partial charge on any atom is -0.481 e. The second-order valence-electron chi connectivity index (χ2n) is 10.9. The zero-order valence-electron chi connectivity index (χ0n) is 24.0. The third-order valence-corrected chi connectivity index (χ3v) is 10.1. The number of carboxylic acids is 1. The maximum absolute atomic E-state index is 12.5. The molecule has 0 saturated carbocycles. The molecule has 0 unspecified atom stereocenters. The fourth-order valence-electron chi connectivity index (χ4n) is 4.95. The Morgan fingerprint density at radius 1 is 0.816 bits per heavy atom. The van der Waals surface area contributed by atoms with E-state index in [1.807, 2.05) is 0 Å². The highest BCUT2D eigenvalue weighted by atomic mass is 32.3. The van der Waals surface area contributed by atoms with Crippen LogP contribution in [-0.4, -0.2) is 64.2 Å². The van der Waals surface area contributed by atoms with Gasteiger partial charge in [0, 0.05) is 68.7 Å². The molecule has 1 heterocycles. The van der Waals surface area contributed by atoms with Crippen molar-refractivity contribution in [2.24, 2.45) is 0 Å². The van der Waals surface area contributed by atoms with Gasteiger partial charge in [-0.05, 0) is 72.7 Å². The van der Waals surface area contributed by atoms with E-state index in [1.54, 1.807) is 0 Å². The molecule has 3 rings (SSSR count). The molecule has 7 heteroatoms. The van der Waals surface area contributed by atoms with E-state index in [2.05, 4.69) is 98.3 Å². The normalized spacial score (nSPS) is 14.2. The number of aliphatic carboxylic acids is 1. The minimum absolute atomic E-state index is 0.0841. The Bertz CT molecular complexity index is 1110. The van der Waals surface area contributed by atoms with Crippen LogP contribution in [0.1, 0.15) is 62.5 Å². The molecule has 208 valence electrons. The van der Waals surface area contributed by atoms with Crippen molar-refractivity contribution in [3.63, 3.8) is 0 Å². The molecule has 1 amide bonds. The van der Waals surface area contributed by atoms with Crippen molar-refractivity contribution in [3.05, 3.63) is 53.6 Å². The topological polar surface area (TPSA) is 72.9 Å². The van der Waals surface area contributed by atoms with Gasteiger partial charge in [0.05, 0.1) is 0 Å². The molecule has 0 atom stereocenters. The highest BCUT2D eigenvalue weighted by Gasteiger charge is 2.32. The van der Waals surface area contributed by atoms with E-state index in [1.165, 1.54) is 37.9 Å². The van der Waals surface area contributed by atoms with Gasteiger partial charge in [-0.1, -0.05) is 37.5 Å². The van der Waals surface area contributed by atoms with Crippen LogP contribution in [0, 0.1) is 0 Å². The van der Waals surface area contributed by atoms with Crippen LogP contribution >= 0.6 is 10.0 Å². The number of anilines is 2. The fraction of sp³-hybridized carbons (Fsp3) is 0.484. The van der Waals surface area contributed by atoms with Crippen LogP contribution in [-0.2, 0) is 9.59 Å². The number of amides is 1. The number of allylic oxidation sites excluding steroid dienone is 1. The van der Waals surface area contributed by atoms with Gasteiger partial charge in [-0.2, -0.15) is 10.0 Å². The van der Waals surface area contributed by atoms with Crippen LogP contribution in [0.2, 0.25) is 0 Å². The zero-order valence-corrected chi connectivity index (χ0v) is 24.8. The molecule has 0 radical (unpaired) electrons. The van der Waals surface area contributed by atoms with Gasteiger partial charge < -0.3 is 20.2 Å². The number of unbranched alkanes of at least 4 members (excludes halogenated alkanes) is 4. The van der Waals surface area contributed by atoms with Gasteiger partial charge in [-0.3, -0.25) is 9.59 Å². The summed E-state index contributed by atoms with van der Waals surface area (Å²) in [6.45, 7) is 0.679. The Labute approximate surface area is 230 Å². The van der Waals surface area contributed by atoms with Crippen LogP contribution in [0.3, 0.4) is 0 Å². The zero-order chi connectivity index (χ0) is 27.9. The molecular weight excluding hydrogens is 494 g/mol. The molecule has 0 fully saturated rings. The van der Waals surface area contributed by atoms with Crippen LogP contribution in [0.25, 0.3) is 5.57 Å². The maximum atomic E-state index is 12.5. The van der Waals surface area contributed by atoms with E-state index in [-0.39, 0.29) is 12.3 Å². The molecule has 1 aliphatic heterocycles. The average Bonchev–Trinajstić information content (AvgIpc) is 2.86. The van der Waals surface area contributed by atoms with Gasteiger partial charge in [-0.15, -0.1) is 0 Å².